The second-order valence-corrected chi connectivity index (χ2v) is 4.98. The quantitative estimate of drug-likeness (QED) is 0.776. The monoisotopic (exact) mass is 217 g/mol. The van der Waals surface area contributed by atoms with Crippen molar-refractivity contribution in [3.63, 3.8) is 0 Å². The molecule has 0 bridgehead atoms. The number of ketones is 1. The highest BCUT2D eigenvalue weighted by Gasteiger charge is 2.23. The summed E-state index contributed by atoms with van der Waals surface area (Å²) in [4.78, 5) is 11.9. The number of nitrogens with zero attached hydrogens (tertiary/aromatic N) is 1. The van der Waals surface area contributed by atoms with Gasteiger partial charge in [0, 0.05) is 10.8 Å². The van der Waals surface area contributed by atoms with Gasteiger partial charge < -0.3 is 4.52 Å². The second kappa shape index (κ2) is 3.74. The molecule has 0 saturated carbocycles. The highest BCUT2D eigenvalue weighted by atomic mass is 16.5. The molecule has 3 heteroatoms. The Morgan fingerprint density at radius 1 is 1.31 bits per heavy atom. The van der Waals surface area contributed by atoms with E-state index in [-0.39, 0.29) is 11.2 Å². The Bertz CT molecular complexity index is 520. The molecule has 0 aliphatic heterocycles. The van der Waals surface area contributed by atoms with Gasteiger partial charge in [0.1, 0.15) is 5.78 Å². The first-order valence-electron chi connectivity index (χ1n) is 5.35. The molecule has 0 fully saturated rings. The minimum Gasteiger partial charge on any atom is -0.356 e. The highest BCUT2D eigenvalue weighted by Crippen LogP contribution is 2.22. The number of rotatable bonds is 2. The summed E-state index contributed by atoms with van der Waals surface area (Å²) in [5.41, 5.74) is 1.13. The van der Waals surface area contributed by atoms with Crippen molar-refractivity contribution in [3.8, 4) is 0 Å². The fourth-order valence-electron chi connectivity index (χ4n) is 1.48. The van der Waals surface area contributed by atoms with Crippen molar-refractivity contribution in [1.82, 2.24) is 5.16 Å². The van der Waals surface area contributed by atoms with Gasteiger partial charge in [-0.2, -0.15) is 0 Å². The maximum absolute atomic E-state index is 11.9. The fourth-order valence-corrected chi connectivity index (χ4v) is 1.48. The number of carbonyl (C=O) groups is 1. The standard InChI is InChI=1S/C13H15NO2/c1-13(2,3)12(15)8-10-9-6-4-5-7-11(9)16-14-10/h4-7H,8H2,1-3H3. The van der Waals surface area contributed by atoms with Crippen LogP contribution in [-0.4, -0.2) is 10.9 Å². The topological polar surface area (TPSA) is 43.1 Å². The van der Waals surface area contributed by atoms with Crippen LogP contribution in [0.25, 0.3) is 11.0 Å². The summed E-state index contributed by atoms with van der Waals surface area (Å²) in [5.74, 6) is 0.173. The number of Topliss-reactive ketones (excluding diaryl/α,β-unsaturated/α-hetero) is 1. The van der Waals surface area contributed by atoms with Crippen LogP contribution in [-0.2, 0) is 11.2 Å². The number of carbonyl (C=O) groups excluding carboxylic acids is 1. The van der Waals surface area contributed by atoms with Gasteiger partial charge in [-0.15, -0.1) is 0 Å². The normalized spacial score (nSPS) is 11.9. The lowest BCUT2D eigenvalue weighted by molar-refractivity contribution is -0.125. The molecule has 0 atom stereocenters. The Labute approximate surface area is 94.4 Å². The van der Waals surface area contributed by atoms with Gasteiger partial charge in [0.15, 0.2) is 5.58 Å². The van der Waals surface area contributed by atoms with E-state index in [9.17, 15) is 4.79 Å². The van der Waals surface area contributed by atoms with Crippen molar-refractivity contribution < 1.29 is 9.32 Å². The van der Waals surface area contributed by atoms with Gasteiger partial charge in [0.25, 0.3) is 0 Å². The maximum Gasteiger partial charge on any atom is 0.167 e. The fraction of sp³-hybridized carbons (Fsp3) is 0.385. The molecular formula is C13H15NO2. The van der Waals surface area contributed by atoms with E-state index in [1.54, 1.807) is 0 Å². The molecular weight excluding hydrogens is 202 g/mol. The second-order valence-electron chi connectivity index (χ2n) is 4.98. The molecule has 84 valence electrons. The van der Waals surface area contributed by atoms with Crippen molar-refractivity contribution >= 4 is 16.8 Å². The van der Waals surface area contributed by atoms with Crippen molar-refractivity contribution in [2.24, 2.45) is 5.41 Å². The third kappa shape index (κ3) is 1.98. The summed E-state index contributed by atoms with van der Waals surface area (Å²) >= 11 is 0. The SMILES string of the molecule is CC(C)(C)C(=O)Cc1noc2ccccc12. The van der Waals surface area contributed by atoms with Crippen molar-refractivity contribution in [2.75, 3.05) is 0 Å². The van der Waals surface area contributed by atoms with Gasteiger partial charge in [-0.3, -0.25) is 4.79 Å². The molecule has 1 heterocycles. The van der Waals surface area contributed by atoms with Crippen molar-refractivity contribution in [3.05, 3.63) is 30.0 Å². The Balaban J connectivity index is 2.32. The third-order valence-corrected chi connectivity index (χ3v) is 2.62. The molecule has 0 amide bonds. The molecule has 16 heavy (non-hydrogen) atoms. The maximum atomic E-state index is 11.9. The van der Waals surface area contributed by atoms with Crippen LogP contribution in [0.15, 0.2) is 28.8 Å². The van der Waals surface area contributed by atoms with Crippen molar-refractivity contribution in [1.29, 1.82) is 0 Å². The zero-order chi connectivity index (χ0) is 11.8. The summed E-state index contributed by atoms with van der Waals surface area (Å²) in [5, 5.41) is 4.88. The Morgan fingerprint density at radius 3 is 2.69 bits per heavy atom. The van der Waals surface area contributed by atoms with Crippen LogP contribution < -0.4 is 0 Å². The number of para-hydroxylation sites is 1. The van der Waals surface area contributed by atoms with Gasteiger partial charge in [-0.1, -0.05) is 38.1 Å². The Morgan fingerprint density at radius 2 is 2.00 bits per heavy atom. The number of hydrogen-bond acceptors (Lipinski definition) is 3. The summed E-state index contributed by atoms with van der Waals surface area (Å²) in [6.07, 6.45) is 0.334. The van der Waals surface area contributed by atoms with E-state index in [2.05, 4.69) is 5.16 Å². The molecule has 0 saturated heterocycles. The molecule has 0 aliphatic rings. The highest BCUT2D eigenvalue weighted by molar-refractivity contribution is 5.89. The molecule has 0 radical (unpaired) electrons. The van der Waals surface area contributed by atoms with Gasteiger partial charge >= 0.3 is 0 Å². The molecule has 0 aliphatic carbocycles. The predicted octanol–water partition coefficient (Wildman–Crippen LogP) is 2.99. The van der Waals surface area contributed by atoms with E-state index in [1.165, 1.54) is 0 Å². The number of fused-ring (bicyclic) bond motifs is 1. The average Bonchev–Trinajstić information content (AvgIpc) is 2.61. The van der Waals surface area contributed by atoms with E-state index >= 15 is 0 Å². The first-order valence-corrected chi connectivity index (χ1v) is 5.35. The first-order chi connectivity index (χ1) is 7.48. The Hall–Kier alpha value is -1.64. The summed E-state index contributed by atoms with van der Waals surface area (Å²) in [6, 6.07) is 7.60. The minimum atomic E-state index is -0.333. The third-order valence-electron chi connectivity index (χ3n) is 2.62. The lowest BCUT2D eigenvalue weighted by Gasteiger charge is -2.15. The number of benzene rings is 1. The molecule has 0 N–H and O–H groups in total. The molecule has 3 nitrogen and oxygen atoms in total. The van der Waals surface area contributed by atoms with E-state index in [4.69, 9.17) is 4.52 Å². The zero-order valence-corrected chi connectivity index (χ0v) is 9.78. The molecule has 1 aromatic carbocycles. The van der Waals surface area contributed by atoms with Crippen LogP contribution >= 0.6 is 0 Å². The largest absolute Gasteiger partial charge is 0.356 e. The predicted molar refractivity (Wildman–Crippen MR) is 62.2 cm³/mol. The van der Waals surface area contributed by atoms with Crippen LogP contribution in [0.5, 0.6) is 0 Å². The average molecular weight is 217 g/mol. The van der Waals surface area contributed by atoms with E-state index < -0.39 is 0 Å². The van der Waals surface area contributed by atoms with Crippen LogP contribution in [0.1, 0.15) is 26.5 Å². The van der Waals surface area contributed by atoms with Gasteiger partial charge in [-0.25, -0.2) is 0 Å². The lowest BCUT2D eigenvalue weighted by atomic mass is 9.88. The lowest BCUT2D eigenvalue weighted by Crippen LogP contribution is -2.22. The van der Waals surface area contributed by atoms with E-state index in [0.29, 0.717) is 6.42 Å². The van der Waals surface area contributed by atoms with Crippen LogP contribution in [0.2, 0.25) is 0 Å². The van der Waals surface area contributed by atoms with Gasteiger partial charge in [-0.05, 0) is 12.1 Å². The minimum absolute atomic E-state index is 0.173. The van der Waals surface area contributed by atoms with Crippen LogP contribution in [0, 0.1) is 5.41 Å². The van der Waals surface area contributed by atoms with Crippen molar-refractivity contribution in [2.45, 2.75) is 27.2 Å². The summed E-state index contributed by atoms with van der Waals surface area (Å²) in [6.45, 7) is 5.74. The van der Waals surface area contributed by atoms with E-state index in [1.807, 2.05) is 45.0 Å². The molecule has 0 unspecified atom stereocenters. The van der Waals surface area contributed by atoms with Gasteiger partial charge in [0.2, 0.25) is 0 Å². The van der Waals surface area contributed by atoms with Crippen LogP contribution in [0.4, 0.5) is 0 Å². The number of aromatic nitrogens is 1. The number of hydrogen-bond donors (Lipinski definition) is 0. The molecule has 1 aromatic heterocycles. The molecule has 0 spiro atoms. The molecule has 2 rings (SSSR count). The van der Waals surface area contributed by atoms with Crippen LogP contribution in [0.3, 0.4) is 0 Å². The molecule has 2 aromatic rings. The van der Waals surface area contributed by atoms with Gasteiger partial charge in [0.05, 0.1) is 12.1 Å². The first kappa shape index (κ1) is 10.9. The summed E-state index contributed by atoms with van der Waals surface area (Å²) < 4.78 is 5.16. The van der Waals surface area contributed by atoms with E-state index in [0.717, 1.165) is 16.7 Å². The Kier molecular flexibility index (Phi) is 2.54. The summed E-state index contributed by atoms with van der Waals surface area (Å²) in [7, 11) is 0. The smallest absolute Gasteiger partial charge is 0.167 e. The zero-order valence-electron chi connectivity index (χ0n) is 9.78.